The summed E-state index contributed by atoms with van der Waals surface area (Å²) in [7, 11) is -3.47. The van der Waals surface area contributed by atoms with E-state index in [0.29, 0.717) is 31.6 Å². The summed E-state index contributed by atoms with van der Waals surface area (Å²) in [6, 6.07) is 10.9. The maximum absolute atomic E-state index is 12.8. The lowest BCUT2D eigenvalue weighted by Crippen LogP contribution is -2.27. The number of nitrogens with one attached hydrogen (secondary N) is 1. The highest BCUT2D eigenvalue weighted by Gasteiger charge is 2.27. The van der Waals surface area contributed by atoms with E-state index >= 15 is 0 Å². The van der Waals surface area contributed by atoms with Crippen molar-refractivity contribution >= 4 is 32.7 Å². The maximum atomic E-state index is 12.8. The van der Waals surface area contributed by atoms with Crippen LogP contribution in [0.15, 0.2) is 47.6 Å². The minimum absolute atomic E-state index is 0.0756. The summed E-state index contributed by atoms with van der Waals surface area (Å²) in [6.07, 6.45) is 3.76. The van der Waals surface area contributed by atoms with Crippen LogP contribution in [0.25, 0.3) is 11.0 Å². The van der Waals surface area contributed by atoms with Gasteiger partial charge in [-0.25, -0.2) is 13.4 Å². The molecule has 0 unspecified atom stereocenters. The van der Waals surface area contributed by atoms with Crippen molar-refractivity contribution in [3.05, 3.63) is 53.9 Å². The molecule has 7 nitrogen and oxygen atoms in total. The van der Waals surface area contributed by atoms with Gasteiger partial charge in [0.05, 0.1) is 22.3 Å². The lowest BCUT2D eigenvalue weighted by atomic mass is 10.1. The predicted octanol–water partition coefficient (Wildman–Crippen LogP) is 3.47. The van der Waals surface area contributed by atoms with Gasteiger partial charge in [-0.1, -0.05) is 6.07 Å². The molecule has 1 N–H and O–H groups in total. The first-order valence-electron chi connectivity index (χ1n) is 10.2. The number of nitrogens with zero attached hydrogens (tertiary/aromatic N) is 3. The molecule has 30 heavy (non-hydrogen) atoms. The second-order valence-electron chi connectivity index (χ2n) is 7.80. The van der Waals surface area contributed by atoms with E-state index in [1.54, 1.807) is 24.5 Å². The molecule has 1 saturated heterocycles. The number of carbonyl (C=O) groups is 1. The molecule has 0 radical (unpaired) electrons. The third-order valence-corrected chi connectivity index (χ3v) is 7.56. The molecule has 1 aliphatic heterocycles. The van der Waals surface area contributed by atoms with E-state index in [9.17, 15) is 13.2 Å². The van der Waals surface area contributed by atoms with Gasteiger partial charge >= 0.3 is 0 Å². The van der Waals surface area contributed by atoms with Crippen LogP contribution in [0.3, 0.4) is 0 Å². The van der Waals surface area contributed by atoms with Crippen LogP contribution in [0.2, 0.25) is 0 Å². The first-order valence-corrected chi connectivity index (χ1v) is 11.6. The molecule has 1 aliphatic rings. The summed E-state index contributed by atoms with van der Waals surface area (Å²) in [5, 5.41) is 2.92. The average Bonchev–Trinajstić information content (AvgIpc) is 3.39. The van der Waals surface area contributed by atoms with Crippen LogP contribution in [0.5, 0.6) is 0 Å². The van der Waals surface area contributed by atoms with Crippen molar-refractivity contribution in [1.29, 1.82) is 0 Å². The average molecular weight is 427 g/mol. The highest BCUT2D eigenvalue weighted by Crippen LogP contribution is 2.24. The SMILES string of the molecule is Cc1ccc(NC(=O)CCn2cnc3cc(S(=O)(=O)N4CCCC4)ccc32)cc1C. The smallest absolute Gasteiger partial charge is 0.243 e. The lowest BCUT2D eigenvalue weighted by molar-refractivity contribution is -0.116. The largest absolute Gasteiger partial charge is 0.330 e. The Kier molecular flexibility index (Phi) is 5.62. The van der Waals surface area contributed by atoms with E-state index in [0.717, 1.165) is 29.6 Å². The van der Waals surface area contributed by atoms with Gasteiger partial charge in [-0.3, -0.25) is 4.79 Å². The number of rotatable bonds is 6. The van der Waals surface area contributed by atoms with Crippen LogP contribution >= 0.6 is 0 Å². The molecule has 1 amide bonds. The van der Waals surface area contributed by atoms with Crippen molar-refractivity contribution in [2.75, 3.05) is 18.4 Å². The van der Waals surface area contributed by atoms with Gasteiger partial charge in [-0.15, -0.1) is 0 Å². The number of imidazole rings is 1. The second-order valence-corrected chi connectivity index (χ2v) is 9.73. The molecule has 2 heterocycles. The normalized spacial score (nSPS) is 15.0. The van der Waals surface area contributed by atoms with Gasteiger partial charge in [0.25, 0.3) is 0 Å². The number of anilines is 1. The molecule has 0 saturated carbocycles. The highest BCUT2D eigenvalue weighted by atomic mass is 32.2. The van der Waals surface area contributed by atoms with Gasteiger partial charge in [0.1, 0.15) is 0 Å². The number of hydrogen-bond donors (Lipinski definition) is 1. The fraction of sp³-hybridized carbons (Fsp3) is 0.364. The topological polar surface area (TPSA) is 84.3 Å². The van der Waals surface area contributed by atoms with E-state index in [1.807, 2.05) is 36.6 Å². The molecule has 8 heteroatoms. The number of carbonyl (C=O) groups excluding carboxylic acids is 1. The number of benzene rings is 2. The minimum Gasteiger partial charge on any atom is -0.330 e. The van der Waals surface area contributed by atoms with Crippen LogP contribution in [-0.4, -0.2) is 41.3 Å². The third kappa shape index (κ3) is 4.11. The molecular formula is C22H26N4O3S. The molecule has 0 atom stereocenters. The van der Waals surface area contributed by atoms with Crippen LogP contribution in [0.1, 0.15) is 30.4 Å². The fourth-order valence-corrected chi connectivity index (χ4v) is 5.26. The number of aromatic nitrogens is 2. The molecule has 158 valence electrons. The number of amides is 1. The zero-order valence-electron chi connectivity index (χ0n) is 17.3. The molecule has 0 aliphatic carbocycles. The van der Waals surface area contributed by atoms with Crippen molar-refractivity contribution in [3.63, 3.8) is 0 Å². The Labute approximate surface area is 176 Å². The van der Waals surface area contributed by atoms with Crippen molar-refractivity contribution in [1.82, 2.24) is 13.9 Å². The van der Waals surface area contributed by atoms with Crippen LogP contribution in [0, 0.1) is 13.8 Å². The van der Waals surface area contributed by atoms with Gasteiger partial charge in [-0.05, 0) is 68.1 Å². The maximum Gasteiger partial charge on any atom is 0.243 e. The first kappa shape index (κ1) is 20.6. The molecular weight excluding hydrogens is 400 g/mol. The van der Waals surface area contributed by atoms with E-state index in [4.69, 9.17) is 0 Å². The van der Waals surface area contributed by atoms with Crippen molar-refractivity contribution in [2.24, 2.45) is 0 Å². The summed E-state index contributed by atoms with van der Waals surface area (Å²) in [6.45, 7) is 5.66. The summed E-state index contributed by atoms with van der Waals surface area (Å²) >= 11 is 0. The van der Waals surface area contributed by atoms with E-state index in [-0.39, 0.29) is 10.8 Å². The summed E-state index contributed by atoms with van der Waals surface area (Å²) < 4.78 is 28.9. The standard InChI is InChI=1S/C22H26N4O3S/c1-16-5-6-18(13-17(16)2)24-22(27)9-12-25-15-23-20-14-19(7-8-21(20)25)30(28,29)26-10-3-4-11-26/h5-8,13-15H,3-4,9-12H2,1-2H3,(H,24,27). The molecule has 1 fully saturated rings. The molecule has 0 spiro atoms. The van der Waals surface area contributed by atoms with Crippen LogP contribution in [0.4, 0.5) is 5.69 Å². The molecule has 1 aromatic heterocycles. The van der Waals surface area contributed by atoms with Gasteiger partial charge in [0, 0.05) is 31.7 Å². The summed E-state index contributed by atoms with van der Waals surface area (Å²) in [5.74, 6) is -0.0756. The lowest BCUT2D eigenvalue weighted by Gasteiger charge is -2.15. The van der Waals surface area contributed by atoms with Gasteiger partial charge in [0.15, 0.2) is 0 Å². The molecule has 0 bridgehead atoms. The first-order chi connectivity index (χ1) is 14.3. The quantitative estimate of drug-likeness (QED) is 0.654. The molecule has 3 aromatic rings. The Hall–Kier alpha value is -2.71. The van der Waals surface area contributed by atoms with Crippen LogP contribution < -0.4 is 5.32 Å². The van der Waals surface area contributed by atoms with Crippen LogP contribution in [-0.2, 0) is 21.4 Å². The van der Waals surface area contributed by atoms with Crippen molar-refractivity contribution < 1.29 is 13.2 Å². The van der Waals surface area contributed by atoms with Gasteiger partial charge in [-0.2, -0.15) is 4.31 Å². The summed E-state index contributed by atoms with van der Waals surface area (Å²) in [4.78, 5) is 17.0. The number of sulfonamides is 1. The zero-order chi connectivity index (χ0) is 21.3. The zero-order valence-corrected chi connectivity index (χ0v) is 18.1. The van der Waals surface area contributed by atoms with Gasteiger partial charge in [0.2, 0.25) is 15.9 Å². The second kappa shape index (κ2) is 8.20. The molecule has 4 rings (SSSR count). The Morgan fingerprint density at radius 3 is 2.57 bits per heavy atom. The third-order valence-electron chi connectivity index (χ3n) is 5.67. The summed E-state index contributed by atoms with van der Waals surface area (Å²) in [5.41, 5.74) is 4.53. The van der Waals surface area contributed by atoms with E-state index < -0.39 is 10.0 Å². The Balaban J connectivity index is 1.45. The number of aryl methyl sites for hydroxylation is 3. The Morgan fingerprint density at radius 2 is 1.83 bits per heavy atom. The number of hydrogen-bond acceptors (Lipinski definition) is 4. The van der Waals surface area contributed by atoms with E-state index in [1.165, 1.54) is 9.87 Å². The fourth-order valence-electron chi connectivity index (χ4n) is 3.72. The Morgan fingerprint density at radius 1 is 1.07 bits per heavy atom. The van der Waals surface area contributed by atoms with Crippen molar-refractivity contribution in [3.8, 4) is 0 Å². The Bertz CT molecular complexity index is 1190. The monoisotopic (exact) mass is 426 g/mol. The van der Waals surface area contributed by atoms with Gasteiger partial charge < -0.3 is 9.88 Å². The molecule has 2 aromatic carbocycles. The predicted molar refractivity (Wildman–Crippen MR) is 117 cm³/mol. The van der Waals surface area contributed by atoms with Crippen molar-refractivity contribution in [2.45, 2.75) is 44.6 Å². The van der Waals surface area contributed by atoms with E-state index in [2.05, 4.69) is 10.3 Å². The highest BCUT2D eigenvalue weighted by molar-refractivity contribution is 7.89. The number of fused-ring (bicyclic) bond motifs is 1. The minimum atomic E-state index is -3.47.